The Morgan fingerprint density at radius 2 is 1.66 bits per heavy atom. The van der Waals surface area contributed by atoms with Crippen LogP contribution in [0.4, 0.5) is 11.4 Å². The second kappa shape index (κ2) is 9.91. The molecule has 0 unspecified atom stereocenters. The largest absolute Gasteiger partial charge is 0.462 e. The van der Waals surface area contributed by atoms with E-state index in [0.29, 0.717) is 35.4 Å². The summed E-state index contributed by atoms with van der Waals surface area (Å²) in [6, 6.07) is 12.4. The maximum absolute atomic E-state index is 12.5. The predicted octanol–water partition coefficient (Wildman–Crippen LogP) is 4.27. The number of fused-ring (bicyclic) bond motifs is 1. The van der Waals surface area contributed by atoms with Crippen LogP contribution in [0.5, 0.6) is 0 Å². The maximum atomic E-state index is 12.5. The van der Waals surface area contributed by atoms with Gasteiger partial charge in [-0.05, 0) is 75.2 Å². The smallest absolute Gasteiger partial charge is 0.338 e. The third-order valence-corrected chi connectivity index (χ3v) is 6.38. The Morgan fingerprint density at radius 1 is 0.969 bits per heavy atom. The highest BCUT2D eigenvalue weighted by Crippen LogP contribution is 2.31. The first-order valence-corrected chi connectivity index (χ1v) is 11.1. The van der Waals surface area contributed by atoms with Gasteiger partial charge >= 0.3 is 5.97 Å². The number of benzene rings is 2. The summed E-state index contributed by atoms with van der Waals surface area (Å²) in [4.78, 5) is 37.6. The van der Waals surface area contributed by atoms with Crippen molar-refractivity contribution >= 4 is 23.3 Å². The van der Waals surface area contributed by atoms with Crippen LogP contribution in [0.15, 0.2) is 48.5 Å². The van der Waals surface area contributed by atoms with Gasteiger partial charge in [-0.2, -0.15) is 0 Å². The van der Waals surface area contributed by atoms with E-state index in [0.717, 1.165) is 25.9 Å². The van der Waals surface area contributed by atoms with E-state index in [4.69, 9.17) is 4.74 Å². The number of amides is 1. The highest BCUT2D eigenvalue weighted by Gasteiger charge is 2.33. The Morgan fingerprint density at radius 3 is 2.38 bits per heavy atom. The Bertz CT molecular complexity index is 972. The summed E-state index contributed by atoms with van der Waals surface area (Å²) in [5.74, 6) is -0.344. The third-order valence-electron chi connectivity index (χ3n) is 6.38. The van der Waals surface area contributed by atoms with Gasteiger partial charge in [-0.25, -0.2) is 4.79 Å². The van der Waals surface area contributed by atoms with Crippen LogP contribution in [0.2, 0.25) is 0 Å². The number of esters is 1. The van der Waals surface area contributed by atoms with E-state index in [1.807, 2.05) is 0 Å². The van der Waals surface area contributed by atoms with Gasteiger partial charge in [-0.3, -0.25) is 19.8 Å². The quantitative estimate of drug-likeness (QED) is 0.411. The molecule has 8 heteroatoms. The van der Waals surface area contributed by atoms with Crippen molar-refractivity contribution in [3.8, 4) is 0 Å². The Balaban J connectivity index is 1.30. The van der Waals surface area contributed by atoms with E-state index in [2.05, 4.69) is 10.2 Å². The number of rotatable bonds is 6. The molecule has 0 aliphatic carbocycles. The monoisotopic (exact) mass is 437 g/mol. The first-order valence-electron chi connectivity index (χ1n) is 11.1. The molecule has 2 heterocycles. The van der Waals surface area contributed by atoms with Crippen LogP contribution in [-0.4, -0.2) is 47.4 Å². The number of hydrogen-bond donors (Lipinski definition) is 1. The summed E-state index contributed by atoms with van der Waals surface area (Å²) in [5.41, 5.74) is 1.20. The molecule has 8 nitrogen and oxygen atoms in total. The SMILES string of the molecule is O=C(Nc1ccc(C(=O)OC[C@H]2CCCN3CCCC[C@H]23)cc1)c1ccc([N+](=O)[O-])cc1. The van der Waals surface area contributed by atoms with Crippen LogP contribution in [0.1, 0.15) is 52.8 Å². The minimum absolute atomic E-state index is 0.0752. The molecule has 4 rings (SSSR count). The van der Waals surface area contributed by atoms with E-state index < -0.39 is 4.92 Å². The molecule has 2 aromatic carbocycles. The minimum Gasteiger partial charge on any atom is -0.462 e. The highest BCUT2D eigenvalue weighted by atomic mass is 16.6. The topological polar surface area (TPSA) is 102 Å². The van der Waals surface area contributed by atoms with Crippen LogP contribution >= 0.6 is 0 Å². The van der Waals surface area contributed by atoms with Crippen molar-refractivity contribution < 1.29 is 19.2 Å². The molecule has 2 aromatic rings. The number of nitrogens with zero attached hydrogens (tertiary/aromatic N) is 2. The summed E-state index contributed by atoms with van der Waals surface area (Å²) >= 11 is 0. The van der Waals surface area contributed by atoms with Gasteiger partial charge in [0.05, 0.1) is 17.1 Å². The highest BCUT2D eigenvalue weighted by molar-refractivity contribution is 6.04. The lowest BCUT2D eigenvalue weighted by Crippen LogP contribution is -2.49. The second-order valence-electron chi connectivity index (χ2n) is 8.44. The van der Waals surface area contributed by atoms with Crippen LogP contribution < -0.4 is 5.32 Å². The molecular formula is C24H27N3O5. The molecule has 2 saturated heterocycles. The molecule has 0 radical (unpaired) electrons. The number of nitro groups is 1. The van der Waals surface area contributed by atoms with Gasteiger partial charge < -0.3 is 10.1 Å². The van der Waals surface area contributed by atoms with Gasteiger partial charge in [0.15, 0.2) is 0 Å². The van der Waals surface area contributed by atoms with Crippen LogP contribution in [0.25, 0.3) is 0 Å². The van der Waals surface area contributed by atoms with Crippen molar-refractivity contribution in [1.29, 1.82) is 0 Å². The van der Waals surface area contributed by atoms with Crippen molar-refractivity contribution in [3.05, 3.63) is 69.8 Å². The van der Waals surface area contributed by atoms with E-state index in [1.165, 1.54) is 43.5 Å². The Labute approximate surface area is 186 Å². The molecule has 0 bridgehead atoms. The minimum atomic E-state index is -0.515. The van der Waals surface area contributed by atoms with E-state index in [1.54, 1.807) is 24.3 Å². The zero-order valence-corrected chi connectivity index (χ0v) is 17.9. The Hall–Kier alpha value is -3.26. The summed E-state index contributed by atoms with van der Waals surface area (Å²) in [6.07, 6.45) is 5.95. The van der Waals surface area contributed by atoms with E-state index >= 15 is 0 Å². The van der Waals surface area contributed by atoms with Crippen molar-refractivity contribution in [3.63, 3.8) is 0 Å². The van der Waals surface area contributed by atoms with E-state index in [9.17, 15) is 19.7 Å². The standard InChI is InChI=1S/C24H27N3O5/c28-23(17-8-12-21(13-9-17)27(30)31)25-20-10-6-18(7-11-20)24(29)32-16-19-4-3-15-26-14-2-1-5-22(19)26/h6-13,19,22H,1-5,14-16H2,(H,25,28)/t19-,22-/m1/s1. The number of hydrogen-bond acceptors (Lipinski definition) is 6. The number of carbonyl (C=O) groups excluding carboxylic acids is 2. The molecular weight excluding hydrogens is 410 g/mol. The normalized spacial score (nSPS) is 20.8. The summed E-state index contributed by atoms with van der Waals surface area (Å²) in [5, 5.41) is 13.4. The molecule has 2 fully saturated rings. The van der Waals surface area contributed by atoms with E-state index in [-0.39, 0.29) is 17.6 Å². The van der Waals surface area contributed by atoms with Crippen molar-refractivity contribution in [2.24, 2.45) is 5.92 Å². The average Bonchev–Trinajstić information content (AvgIpc) is 2.83. The number of piperidine rings is 2. The van der Waals surface area contributed by atoms with Gasteiger partial charge in [-0.15, -0.1) is 0 Å². The van der Waals surface area contributed by atoms with Crippen molar-refractivity contribution in [1.82, 2.24) is 4.90 Å². The first kappa shape index (κ1) is 22.0. The lowest BCUT2D eigenvalue weighted by Gasteiger charge is -2.44. The molecule has 2 aliphatic heterocycles. The maximum Gasteiger partial charge on any atom is 0.338 e. The zero-order chi connectivity index (χ0) is 22.5. The number of ether oxygens (including phenoxy) is 1. The summed E-state index contributed by atoms with van der Waals surface area (Å²) < 4.78 is 5.63. The molecule has 32 heavy (non-hydrogen) atoms. The lowest BCUT2D eigenvalue weighted by molar-refractivity contribution is -0.384. The fourth-order valence-corrected chi connectivity index (χ4v) is 4.67. The molecule has 168 valence electrons. The van der Waals surface area contributed by atoms with Crippen molar-refractivity contribution in [2.75, 3.05) is 25.0 Å². The molecule has 2 aliphatic rings. The zero-order valence-electron chi connectivity index (χ0n) is 17.9. The molecule has 0 saturated carbocycles. The number of carbonyl (C=O) groups is 2. The van der Waals surface area contributed by atoms with Gasteiger partial charge in [0.1, 0.15) is 0 Å². The molecule has 2 atom stereocenters. The third kappa shape index (κ3) is 5.13. The van der Waals surface area contributed by atoms with Gasteiger partial charge in [0.2, 0.25) is 0 Å². The number of nitro benzene ring substituents is 1. The Kier molecular flexibility index (Phi) is 6.80. The molecule has 0 aromatic heterocycles. The molecule has 1 amide bonds. The van der Waals surface area contributed by atoms with Gasteiger partial charge in [0.25, 0.3) is 11.6 Å². The van der Waals surface area contributed by atoms with Crippen LogP contribution in [0, 0.1) is 16.0 Å². The first-order chi connectivity index (χ1) is 15.5. The van der Waals surface area contributed by atoms with Crippen molar-refractivity contribution in [2.45, 2.75) is 38.1 Å². The summed E-state index contributed by atoms with van der Waals surface area (Å²) in [6.45, 7) is 2.75. The molecule has 0 spiro atoms. The average molecular weight is 437 g/mol. The van der Waals surface area contributed by atoms with Crippen LogP contribution in [0.3, 0.4) is 0 Å². The molecule has 1 N–H and O–H groups in total. The number of nitrogens with one attached hydrogen (secondary N) is 1. The summed E-state index contributed by atoms with van der Waals surface area (Å²) in [7, 11) is 0. The van der Waals surface area contributed by atoms with Crippen LogP contribution in [-0.2, 0) is 4.74 Å². The fraction of sp³-hybridized carbons (Fsp3) is 0.417. The number of anilines is 1. The second-order valence-corrected chi connectivity index (χ2v) is 8.44. The fourth-order valence-electron chi connectivity index (χ4n) is 4.67. The number of non-ortho nitro benzene ring substituents is 1. The van der Waals surface area contributed by atoms with Gasteiger partial charge in [0, 0.05) is 35.3 Å². The lowest BCUT2D eigenvalue weighted by atomic mass is 9.84. The predicted molar refractivity (Wildman–Crippen MR) is 120 cm³/mol. The van der Waals surface area contributed by atoms with Gasteiger partial charge in [-0.1, -0.05) is 6.42 Å².